The van der Waals surface area contributed by atoms with Gasteiger partial charge in [0.2, 0.25) is 5.91 Å². The summed E-state index contributed by atoms with van der Waals surface area (Å²) in [7, 11) is 1.45. The minimum absolute atomic E-state index is 0.0924. The van der Waals surface area contributed by atoms with Gasteiger partial charge in [-0.3, -0.25) is 19.7 Å². The van der Waals surface area contributed by atoms with Crippen molar-refractivity contribution in [3.05, 3.63) is 34.4 Å². The molecular weight excluding hydrogens is 276 g/mol. The third-order valence-corrected chi connectivity index (χ3v) is 3.14. The monoisotopic (exact) mass is 294 g/mol. The van der Waals surface area contributed by atoms with Gasteiger partial charge in [-0.05, 0) is 17.5 Å². The van der Waals surface area contributed by atoms with E-state index in [1.54, 1.807) is 20.8 Å². The molecule has 0 aliphatic carbocycles. The van der Waals surface area contributed by atoms with Crippen LogP contribution in [0.2, 0.25) is 0 Å². The van der Waals surface area contributed by atoms with Gasteiger partial charge in [0, 0.05) is 24.9 Å². The molecule has 0 saturated heterocycles. The molecule has 0 saturated carbocycles. The Morgan fingerprint density at radius 1 is 1.24 bits per heavy atom. The third kappa shape index (κ3) is 3.77. The third-order valence-electron chi connectivity index (χ3n) is 3.14. The lowest BCUT2D eigenvalue weighted by atomic mass is 9.80. The van der Waals surface area contributed by atoms with E-state index >= 15 is 0 Å². The first-order valence-corrected chi connectivity index (χ1v) is 6.30. The number of non-ortho nitro benzene ring substituents is 1. The Morgan fingerprint density at radius 2 is 1.71 bits per heavy atom. The second-order valence-corrected chi connectivity index (χ2v) is 5.81. The van der Waals surface area contributed by atoms with E-state index in [-0.39, 0.29) is 5.69 Å². The van der Waals surface area contributed by atoms with E-state index in [0.29, 0.717) is 5.69 Å². The van der Waals surface area contributed by atoms with Crippen molar-refractivity contribution in [2.75, 3.05) is 11.9 Å². The van der Waals surface area contributed by atoms with Gasteiger partial charge < -0.3 is 10.0 Å². The van der Waals surface area contributed by atoms with Crippen LogP contribution in [0.5, 0.6) is 0 Å². The number of anilines is 1. The zero-order valence-corrected chi connectivity index (χ0v) is 12.4. The molecule has 0 fully saturated rings. The van der Waals surface area contributed by atoms with E-state index < -0.39 is 28.1 Å². The number of carboxylic acid groups (broad SMARTS) is 1. The predicted octanol–water partition coefficient (Wildman–Crippen LogP) is 2.30. The van der Waals surface area contributed by atoms with Crippen LogP contribution < -0.4 is 4.90 Å². The maximum absolute atomic E-state index is 12.4. The van der Waals surface area contributed by atoms with Crippen molar-refractivity contribution in [3.8, 4) is 0 Å². The van der Waals surface area contributed by atoms with E-state index in [1.807, 2.05) is 0 Å². The number of carbonyl (C=O) groups excluding carboxylic acids is 1. The van der Waals surface area contributed by atoms with Crippen LogP contribution in [0.1, 0.15) is 20.8 Å². The fourth-order valence-electron chi connectivity index (χ4n) is 1.97. The normalized spacial score (nSPS) is 12.6. The Labute approximate surface area is 122 Å². The average molecular weight is 294 g/mol. The van der Waals surface area contributed by atoms with Crippen LogP contribution in [0.15, 0.2) is 24.3 Å². The number of carboxylic acids is 1. The number of hydrogen-bond donors (Lipinski definition) is 1. The molecule has 1 amide bonds. The Bertz CT molecular complexity index is 560. The number of carbonyl (C=O) groups is 2. The lowest BCUT2D eigenvalue weighted by Gasteiger charge is -2.29. The van der Waals surface area contributed by atoms with Crippen LogP contribution in [0.3, 0.4) is 0 Å². The molecule has 0 aliphatic rings. The molecule has 0 heterocycles. The van der Waals surface area contributed by atoms with Crippen molar-refractivity contribution in [2.45, 2.75) is 20.8 Å². The van der Waals surface area contributed by atoms with E-state index in [4.69, 9.17) is 0 Å². The van der Waals surface area contributed by atoms with E-state index in [2.05, 4.69) is 0 Å². The number of nitro groups is 1. The largest absolute Gasteiger partial charge is 0.481 e. The van der Waals surface area contributed by atoms with Gasteiger partial charge in [-0.1, -0.05) is 20.8 Å². The Hall–Kier alpha value is -2.44. The van der Waals surface area contributed by atoms with Crippen LogP contribution in [-0.4, -0.2) is 29.0 Å². The number of benzene rings is 1. The first kappa shape index (κ1) is 16.6. The van der Waals surface area contributed by atoms with Crippen molar-refractivity contribution in [2.24, 2.45) is 11.3 Å². The van der Waals surface area contributed by atoms with Crippen molar-refractivity contribution < 1.29 is 19.6 Å². The van der Waals surface area contributed by atoms with Gasteiger partial charge in [0.1, 0.15) is 5.92 Å². The fraction of sp³-hybridized carbons (Fsp3) is 0.429. The smallest absolute Gasteiger partial charge is 0.316 e. The fourth-order valence-corrected chi connectivity index (χ4v) is 1.97. The summed E-state index contributed by atoms with van der Waals surface area (Å²) in [6.45, 7) is 5.02. The molecule has 0 radical (unpaired) electrons. The van der Waals surface area contributed by atoms with Crippen molar-refractivity contribution in [1.29, 1.82) is 0 Å². The number of hydrogen-bond acceptors (Lipinski definition) is 4. The molecule has 0 aromatic heterocycles. The summed E-state index contributed by atoms with van der Waals surface area (Å²) in [5, 5.41) is 19.8. The molecule has 7 heteroatoms. The second kappa shape index (κ2) is 5.90. The van der Waals surface area contributed by atoms with Gasteiger partial charge in [0.25, 0.3) is 5.69 Å². The molecule has 1 unspecified atom stereocenters. The molecule has 0 bridgehead atoms. The SMILES string of the molecule is CN(C(=O)C(C(=O)O)C(C)(C)C)c1ccc([N+](=O)[O-])cc1. The zero-order chi connectivity index (χ0) is 16.4. The quantitative estimate of drug-likeness (QED) is 0.521. The van der Waals surface area contributed by atoms with Gasteiger partial charge in [0.05, 0.1) is 4.92 Å². The summed E-state index contributed by atoms with van der Waals surface area (Å²) < 4.78 is 0. The molecule has 1 atom stereocenters. The lowest BCUT2D eigenvalue weighted by Crippen LogP contribution is -2.43. The highest BCUT2D eigenvalue weighted by atomic mass is 16.6. The molecule has 21 heavy (non-hydrogen) atoms. The summed E-state index contributed by atoms with van der Waals surface area (Å²) in [6, 6.07) is 5.37. The number of nitro benzene ring substituents is 1. The maximum atomic E-state index is 12.4. The van der Waals surface area contributed by atoms with E-state index in [9.17, 15) is 24.8 Å². The van der Waals surface area contributed by atoms with Crippen LogP contribution in [-0.2, 0) is 9.59 Å². The van der Waals surface area contributed by atoms with Gasteiger partial charge >= 0.3 is 5.97 Å². The van der Waals surface area contributed by atoms with Crippen molar-refractivity contribution >= 4 is 23.3 Å². The second-order valence-electron chi connectivity index (χ2n) is 5.81. The molecule has 0 aliphatic heterocycles. The Morgan fingerprint density at radius 3 is 2.05 bits per heavy atom. The molecular formula is C14H18N2O5. The van der Waals surface area contributed by atoms with E-state index in [0.717, 1.165) is 0 Å². The van der Waals surface area contributed by atoms with E-state index in [1.165, 1.54) is 36.2 Å². The topological polar surface area (TPSA) is 101 Å². The summed E-state index contributed by atoms with van der Waals surface area (Å²) in [5.41, 5.74) is -0.427. The highest BCUT2D eigenvalue weighted by Gasteiger charge is 2.39. The minimum atomic E-state index is -1.20. The van der Waals surface area contributed by atoms with Gasteiger partial charge in [-0.25, -0.2) is 0 Å². The minimum Gasteiger partial charge on any atom is -0.481 e. The van der Waals surface area contributed by atoms with Crippen molar-refractivity contribution in [1.82, 2.24) is 0 Å². The standard InChI is InChI=1S/C14H18N2O5/c1-14(2,3)11(13(18)19)12(17)15(4)9-5-7-10(8-6-9)16(20)21/h5-8,11H,1-4H3,(H,18,19). The summed E-state index contributed by atoms with van der Waals surface area (Å²) in [6.07, 6.45) is 0. The number of aliphatic carboxylic acids is 1. The molecule has 1 aromatic rings. The molecule has 7 nitrogen and oxygen atoms in total. The molecule has 1 aromatic carbocycles. The number of rotatable bonds is 4. The Balaban J connectivity index is 3.06. The molecule has 0 spiro atoms. The zero-order valence-electron chi connectivity index (χ0n) is 12.4. The van der Waals surface area contributed by atoms with Crippen LogP contribution in [0.25, 0.3) is 0 Å². The first-order chi connectivity index (χ1) is 9.55. The first-order valence-electron chi connectivity index (χ1n) is 6.30. The number of amides is 1. The van der Waals surface area contributed by atoms with Crippen LogP contribution >= 0.6 is 0 Å². The van der Waals surface area contributed by atoms with Gasteiger partial charge in [-0.2, -0.15) is 0 Å². The van der Waals surface area contributed by atoms with Crippen molar-refractivity contribution in [3.63, 3.8) is 0 Å². The molecule has 114 valence electrons. The van der Waals surface area contributed by atoms with Crippen LogP contribution in [0, 0.1) is 21.4 Å². The Kier molecular flexibility index (Phi) is 4.67. The summed E-state index contributed by atoms with van der Waals surface area (Å²) in [4.78, 5) is 34.9. The summed E-state index contributed by atoms with van der Waals surface area (Å²) >= 11 is 0. The highest BCUT2D eigenvalue weighted by Crippen LogP contribution is 2.29. The highest BCUT2D eigenvalue weighted by molar-refractivity contribution is 6.06. The molecule has 1 N–H and O–H groups in total. The lowest BCUT2D eigenvalue weighted by molar-refractivity contribution is -0.384. The van der Waals surface area contributed by atoms with Gasteiger partial charge in [0.15, 0.2) is 0 Å². The average Bonchev–Trinajstić information content (AvgIpc) is 2.35. The van der Waals surface area contributed by atoms with Crippen LogP contribution in [0.4, 0.5) is 11.4 Å². The number of nitrogens with zero attached hydrogens (tertiary/aromatic N) is 2. The summed E-state index contributed by atoms with van der Waals surface area (Å²) in [5.74, 6) is -2.96. The molecule has 1 rings (SSSR count). The predicted molar refractivity (Wildman–Crippen MR) is 77.1 cm³/mol. The van der Waals surface area contributed by atoms with Gasteiger partial charge in [-0.15, -0.1) is 0 Å². The maximum Gasteiger partial charge on any atom is 0.316 e.